The topological polar surface area (TPSA) is 109 Å². The lowest BCUT2D eigenvalue weighted by Crippen LogP contribution is -2.42. The van der Waals surface area contributed by atoms with Gasteiger partial charge >= 0.3 is 0 Å². The van der Waals surface area contributed by atoms with E-state index in [-0.39, 0.29) is 6.04 Å². The molecular formula is C20H20N8O. The Morgan fingerprint density at radius 1 is 1.10 bits per heavy atom. The molecule has 1 atom stereocenters. The van der Waals surface area contributed by atoms with Crippen molar-refractivity contribution in [2.45, 2.75) is 26.3 Å². The molecular weight excluding hydrogens is 368 g/mol. The summed E-state index contributed by atoms with van der Waals surface area (Å²) in [5.41, 5.74) is 3.38. The first-order valence-electron chi connectivity index (χ1n) is 9.45. The van der Waals surface area contributed by atoms with Gasteiger partial charge in [0, 0.05) is 42.3 Å². The van der Waals surface area contributed by atoms with Crippen LogP contribution in [0.3, 0.4) is 0 Å². The van der Waals surface area contributed by atoms with Crippen molar-refractivity contribution < 1.29 is 4.52 Å². The number of pyridine rings is 1. The number of aromatic nitrogens is 6. The van der Waals surface area contributed by atoms with Gasteiger partial charge in [0.25, 0.3) is 0 Å². The van der Waals surface area contributed by atoms with Gasteiger partial charge in [-0.25, -0.2) is 4.98 Å². The maximum absolute atomic E-state index is 5.62. The Morgan fingerprint density at radius 3 is 2.76 bits per heavy atom. The standard InChI is InChI=1S/C20H20N8O/c1-12-9-18(23-19-10-13(2)25-26-19)24-20(22-12)28-8-6-16(28)17-11-15(27-29-17)14-5-3-4-7-21-14/h3-5,7,9-11,16H,6,8H2,1-2H3,(H2,22,23,24,25,26). The molecule has 4 aromatic rings. The van der Waals surface area contributed by atoms with Gasteiger partial charge in [-0.2, -0.15) is 10.1 Å². The van der Waals surface area contributed by atoms with E-state index < -0.39 is 0 Å². The zero-order valence-electron chi connectivity index (χ0n) is 16.1. The highest BCUT2D eigenvalue weighted by atomic mass is 16.5. The van der Waals surface area contributed by atoms with E-state index in [9.17, 15) is 0 Å². The van der Waals surface area contributed by atoms with Crippen molar-refractivity contribution in [3.05, 3.63) is 59.7 Å². The Hall–Kier alpha value is -3.75. The molecule has 0 aliphatic carbocycles. The van der Waals surface area contributed by atoms with Crippen LogP contribution in [0.15, 0.2) is 47.1 Å². The predicted octanol–water partition coefficient (Wildman–Crippen LogP) is 3.56. The predicted molar refractivity (Wildman–Crippen MR) is 108 cm³/mol. The SMILES string of the molecule is Cc1cc(Nc2cc(C)[nH]n2)nc(N2CCC2c2cc(-c3ccccn3)no2)n1. The highest BCUT2D eigenvalue weighted by Crippen LogP contribution is 2.37. The highest BCUT2D eigenvalue weighted by Gasteiger charge is 2.35. The molecule has 146 valence electrons. The van der Waals surface area contributed by atoms with E-state index in [4.69, 9.17) is 4.52 Å². The molecule has 0 saturated carbocycles. The molecule has 1 saturated heterocycles. The Bertz CT molecular complexity index is 1140. The van der Waals surface area contributed by atoms with Crippen LogP contribution in [0.25, 0.3) is 11.4 Å². The third kappa shape index (κ3) is 3.42. The van der Waals surface area contributed by atoms with E-state index in [1.54, 1.807) is 6.20 Å². The van der Waals surface area contributed by atoms with Crippen LogP contribution in [0, 0.1) is 13.8 Å². The molecule has 1 aliphatic rings. The number of anilines is 3. The second kappa shape index (κ2) is 7.01. The van der Waals surface area contributed by atoms with Gasteiger partial charge in [-0.3, -0.25) is 10.1 Å². The molecule has 5 heterocycles. The van der Waals surface area contributed by atoms with Gasteiger partial charge < -0.3 is 14.7 Å². The maximum Gasteiger partial charge on any atom is 0.228 e. The summed E-state index contributed by atoms with van der Waals surface area (Å²) in [5, 5.41) is 14.5. The summed E-state index contributed by atoms with van der Waals surface area (Å²) < 4.78 is 5.62. The monoisotopic (exact) mass is 388 g/mol. The summed E-state index contributed by atoms with van der Waals surface area (Å²) in [4.78, 5) is 15.7. The average molecular weight is 388 g/mol. The lowest BCUT2D eigenvalue weighted by molar-refractivity contribution is 0.315. The van der Waals surface area contributed by atoms with Crippen LogP contribution < -0.4 is 10.2 Å². The molecule has 0 spiro atoms. The normalized spacial score (nSPS) is 15.9. The van der Waals surface area contributed by atoms with Crippen molar-refractivity contribution in [3.63, 3.8) is 0 Å². The fourth-order valence-electron chi connectivity index (χ4n) is 3.36. The second-order valence-electron chi connectivity index (χ2n) is 7.08. The van der Waals surface area contributed by atoms with Crippen LogP contribution in [0.5, 0.6) is 0 Å². The van der Waals surface area contributed by atoms with E-state index >= 15 is 0 Å². The van der Waals surface area contributed by atoms with Crippen LogP contribution in [-0.2, 0) is 0 Å². The lowest BCUT2D eigenvalue weighted by atomic mass is 10.0. The molecule has 5 rings (SSSR count). The quantitative estimate of drug-likeness (QED) is 0.534. The molecule has 0 aromatic carbocycles. The Morgan fingerprint density at radius 2 is 2.03 bits per heavy atom. The number of H-pyrrole nitrogens is 1. The summed E-state index contributed by atoms with van der Waals surface area (Å²) in [6, 6.07) is 11.6. The largest absolute Gasteiger partial charge is 0.358 e. The van der Waals surface area contributed by atoms with Crippen molar-refractivity contribution in [1.82, 2.24) is 30.3 Å². The zero-order chi connectivity index (χ0) is 19.8. The van der Waals surface area contributed by atoms with Gasteiger partial charge in [0.1, 0.15) is 11.5 Å². The van der Waals surface area contributed by atoms with Gasteiger partial charge in [0.15, 0.2) is 11.6 Å². The third-order valence-corrected chi connectivity index (χ3v) is 4.87. The van der Waals surface area contributed by atoms with Crippen molar-refractivity contribution in [2.24, 2.45) is 0 Å². The number of rotatable bonds is 5. The minimum Gasteiger partial charge on any atom is -0.358 e. The number of nitrogens with one attached hydrogen (secondary N) is 2. The Kier molecular flexibility index (Phi) is 4.19. The average Bonchev–Trinajstić information content (AvgIpc) is 3.30. The lowest BCUT2D eigenvalue weighted by Gasteiger charge is -2.39. The van der Waals surface area contributed by atoms with Crippen molar-refractivity contribution >= 4 is 17.6 Å². The first-order valence-corrected chi connectivity index (χ1v) is 9.45. The number of aryl methyl sites for hydroxylation is 2. The van der Waals surface area contributed by atoms with Gasteiger partial charge in [-0.15, -0.1) is 0 Å². The molecule has 9 heteroatoms. The van der Waals surface area contributed by atoms with Crippen LogP contribution in [-0.4, -0.2) is 36.9 Å². The van der Waals surface area contributed by atoms with Crippen LogP contribution in [0.4, 0.5) is 17.6 Å². The second-order valence-corrected chi connectivity index (χ2v) is 7.08. The van der Waals surface area contributed by atoms with Crippen LogP contribution in [0.2, 0.25) is 0 Å². The number of aromatic amines is 1. The fraction of sp³-hybridized carbons (Fsp3) is 0.250. The molecule has 2 N–H and O–H groups in total. The van der Waals surface area contributed by atoms with E-state index in [0.29, 0.717) is 11.8 Å². The minimum absolute atomic E-state index is 0.0576. The molecule has 4 aromatic heterocycles. The maximum atomic E-state index is 5.62. The van der Waals surface area contributed by atoms with Crippen molar-refractivity contribution in [2.75, 3.05) is 16.8 Å². The van der Waals surface area contributed by atoms with E-state index in [0.717, 1.165) is 47.3 Å². The number of hydrogen-bond acceptors (Lipinski definition) is 8. The fourth-order valence-corrected chi connectivity index (χ4v) is 3.36. The van der Waals surface area contributed by atoms with Gasteiger partial charge in [0.2, 0.25) is 5.95 Å². The molecule has 0 amide bonds. The molecule has 1 unspecified atom stereocenters. The third-order valence-electron chi connectivity index (χ3n) is 4.87. The molecule has 1 fully saturated rings. The summed E-state index contributed by atoms with van der Waals surface area (Å²) in [7, 11) is 0. The summed E-state index contributed by atoms with van der Waals surface area (Å²) in [6.45, 7) is 4.76. The van der Waals surface area contributed by atoms with E-state index in [1.807, 2.05) is 50.2 Å². The smallest absolute Gasteiger partial charge is 0.228 e. The van der Waals surface area contributed by atoms with Crippen molar-refractivity contribution in [1.29, 1.82) is 0 Å². The van der Waals surface area contributed by atoms with Crippen LogP contribution in [0.1, 0.15) is 29.6 Å². The highest BCUT2D eigenvalue weighted by molar-refractivity contribution is 5.56. The van der Waals surface area contributed by atoms with Crippen LogP contribution >= 0.6 is 0 Å². The summed E-state index contributed by atoms with van der Waals surface area (Å²) >= 11 is 0. The number of hydrogen-bond donors (Lipinski definition) is 2. The van der Waals surface area contributed by atoms with E-state index in [1.165, 1.54) is 0 Å². The molecule has 0 radical (unpaired) electrons. The first kappa shape index (κ1) is 17.4. The minimum atomic E-state index is 0.0576. The molecule has 0 bridgehead atoms. The molecule has 1 aliphatic heterocycles. The van der Waals surface area contributed by atoms with Gasteiger partial charge in [0.05, 0.1) is 11.7 Å². The molecule has 29 heavy (non-hydrogen) atoms. The van der Waals surface area contributed by atoms with Gasteiger partial charge in [-0.05, 0) is 32.4 Å². The summed E-state index contributed by atoms with van der Waals surface area (Å²) in [6.07, 6.45) is 2.70. The Balaban J connectivity index is 1.38. The summed E-state index contributed by atoms with van der Waals surface area (Å²) in [5.74, 6) is 2.88. The Labute approximate surface area is 167 Å². The zero-order valence-corrected chi connectivity index (χ0v) is 16.1. The van der Waals surface area contributed by atoms with E-state index in [2.05, 4.69) is 40.5 Å². The molecule has 9 nitrogen and oxygen atoms in total. The number of nitrogens with zero attached hydrogens (tertiary/aromatic N) is 6. The first-order chi connectivity index (χ1) is 14.2. The van der Waals surface area contributed by atoms with Gasteiger partial charge in [-0.1, -0.05) is 11.2 Å². The van der Waals surface area contributed by atoms with Crippen molar-refractivity contribution in [3.8, 4) is 11.4 Å².